The molecule has 0 radical (unpaired) electrons. The molecule has 0 aromatic heterocycles. The van der Waals surface area contributed by atoms with Crippen molar-refractivity contribution in [3.63, 3.8) is 0 Å². The van der Waals surface area contributed by atoms with Gasteiger partial charge in [0.2, 0.25) is 3.57 Å². The number of benzene rings is 2. The summed E-state index contributed by atoms with van der Waals surface area (Å²) in [5.74, 6) is -0.841. The van der Waals surface area contributed by atoms with Crippen molar-refractivity contribution in [3.8, 4) is 0 Å². The zero-order valence-corrected chi connectivity index (χ0v) is 11.1. The summed E-state index contributed by atoms with van der Waals surface area (Å²) in [5.41, 5.74) is 0.430. The summed E-state index contributed by atoms with van der Waals surface area (Å²) in [6.45, 7) is 0. The summed E-state index contributed by atoms with van der Waals surface area (Å²) in [7, 11) is 0. The first-order valence-electron chi connectivity index (χ1n) is 4.79. The van der Waals surface area contributed by atoms with E-state index in [4.69, 9.17) is 5.11 Å². The predicted octanol–water partition coefficient (Wildman–Crippen LogP) is -1.31. The fourth-order valence-electron chi connectivity index (χ4n) is 1.31. The van der Waals surface area contributed by atoms with E-state index in [0.717, 1.165) is 3.57 Å². The Hall–Kier alpha value is -1.40. The quantitative estimate of drug-likeness (QED) is 0.703. The SMILES string of the molecule is O.O=C(O)c1ccccc1[I+]c1ccccc1. The van der Waals surface area contributed by atoms with Crippen LogP contribution in [0.1, 0.15) is 10.4 Å². The van der Waals surface area contributed by atoms with Crippen molar-refractivity contribution >= 4 is 5.97 Å². The molecule has 2 rings (SSSR count). The van der Waals surface area contributed by atoms with Crippen molar-refractivity contribution in [2.24, 2.45) is 0 Å². The summed E-state index contributed by atoms with van der Waals surface area (Å²) in [5, 5.41) is 9.06. The second kappa shape index (κ2) is 6.36. The van der Waals surface area contributed by atoms with Gasteiger partial charge in [-0.1, -0.05) is 30.3 Å². The highest BCUT2D eigenvalue weighted by Gasteiger charge is 2.22. The van der Waals surface area contributed by atoms with Crippen molar-refractivity contribution in [1.29, 1.82) is 0 Å². The number of carbonyl (C=O) groups is 1. The molecule has 0 aliphatic rings. The average Bonchev–Trinajstić information content (AvgIpc) is 2.31. The smallest absolute Gasteiger partial charge is 0.358 e. The van der Waals surface area contributed by atoms with Gasteiger partial charge in [0, 0.05) is 0 Å². The molecule has 0 atom stereocenters. The minimum Gasteiger partial charge on any atom is -0.478 e. The number of carboxylic acid groups (broad SMARTS) is 1. The lowest BCUT2D eigenvalue weighted by molar-refractivity contribution is -0.597. The molecule has 0 aliphatic heterocycles. The Labute approximate surface area is 110 Å². The number of carboxylic acids is 1. The topological polar surface area (TPSA) is 68.8 Å². The zero-order valence-electron chi connectivity index (χ0n) is 8.93. The molecular formula is C13H12IO3+. The molecule has 0 bridgehead atoms. The van der Waals surface area contributed by atoms with E-state index in [2.05, 4.69) is 0 Å². The van der Waals surface area contributed by atoms with Gasteiger partial charge in [0.1, 0.15) is 5.56 Å². The number of hydrogen-bond donors (Lipinski definition) is 1. The molecule has 2 aromatic rings. The van der Waals surface area contributed by atoms with Crippen LogP contribution in [0, 0.1) is 7.14 Å². The molecule has 0 unspecified atom stereocenters. The first-order valence-corrected chi connectivity index (χ1v) is 6.95. The Kier molecular flexibility index (Phi) is 5.11. The summed E-state index contributed by atoms with van der Waals surface area (Å²) < 4.78 is 2.19. The van der Waals surface area contributed by atoms with Crippen LogP contribution in [0.5, 0.6) is 0 Å². The van der Waals surface area contributed by atoms with Gasteiger partial charge in [-0.05, 0) is 24.3 Å². The Morgan fingerprint density at radius 2 is 1.53 bits per heavy atom. The first kappa shape index (κ1) is 13.7. The van der Waals surface area contributed by atoms with Crippen LogP contribution in [0.4, 0.5) is 0 Å². The maximum atomic E-state index is 11.0. The molecule has 0 aliphatic carbocycles. The summed E-state index contributed by atoms with van der Waals surface area (Å²) in [6.07, 6.45) is 0. The normalized spacial score (nSPS) is 9.41. The molecule has 4 heteroatoms. The highest BCUT2D eigenvalue weighted by atomic mass is 127. The minimum absolute atomic E-state index is 0. The van der Waals surface area contributed by atoms with Crippen molar-refractivity contribution in [1.82, 2.24) is 0 Å². The Morgan fingerprint density at radius 3 is 2.18 bits per heavy atom. The Morgan fingerprint density at radius 1 is 0.941 bits per heavy atom. The van der Waals surface area contributed by atoms with Crippen molar-refractivity contribution in [2.75, 3.05) is 0 Å². The lowest BCUT2D eigenvalue weighted by atomic mass is 10.2. The summed E-state index contributed by atoms with van der Waals surface area (Å²) in [4.78, 5) is 11.0. The Balaban J connectivity index is 0.00000144. The van der Waals surface area contributed by atoms with E-state index < -0.39 is 27.2 Å². The molecule has 0 amide bonds. The number of rotatable bonds is 3. The molecule has 17 heavy (non-hydrogen) atoms. The Bertz CT molecular complexity index is 497. The maximum absolute atomic E-state index is 11.0. The third kappa shape index (κ3) is 3.54. The van der Waals surface area contributed by atoms with Gasteiger partial charge < -0.3 is 10.6 Å². The van der Waals surface area contributed by atoms with E-state index in [9.17, 15) is 4.79 Å². The maximum Gasteiger partial charge on any atom is 0.358 e. The molecule has 0 saturated heterocycles. The second-order valence-electron chi connectivity index (χ2n) is 3.18. The van der Waals surface area contributed by atoms with Crippen molar-refractivity contribution in [2.45, 2.75) is 0 Å². The van der Waals surface area contributed by atoms with Crippen LogP contribution in [-0.2, 0) is 0 Å². The lowest BCUT2D eigenvalue weighted by Crippen LogP contribution is -3.61. The predicted molar refractivity (Wildman–Crippen MR) is 60.9 cm³/mol. The molecule has 3 nitrogen and oxygen atoms in total. The average molecular weight is 343 g/mol. The monoisotopic (exact) mass is 343 g/mol. The van der Waals surface area contributed by atoms with Crippen LogP contribution < -0.4 is 21.2 Å². The van der Waals surface area contributed by atoms with Crippen LogP contribution in [0.3, 0.4) is 0 Å². The van der Waals surface area contributed by atoms with Gasteiger partial charge in [-0.3, -0.25) is 0 Å². The van der Waals surface area contributed by atoms with E-state index in [0.29, 0.717) is 5.56 Å². The van der Waals surface area contributed by atoms with Crippen LogP contribution in [-0.4, -0.2) is 16.6 Å². The van der Waals surface area contributed by atoms with Crippen LogP contribution in [0.2, 0.25) is 0 Å². The lowest BCUT2D eigenvalue weighted by Gasteiger charge is -1.93. The molecule has 0 heterocycles. The van der Waals surface area contributed by atoms with E-state index in [1.54, 1.807) is 12.1 Å². The molecule has 3 N–H and O–H groups in total. The van der Waals surface area contributed by atoms with Crippen LogP contribution >= 0.6 is 0 Å². The van der Waals surface area contributed by atoms with Crippen LogP contribution in [0.15, 0.2) is 54.6 Å². The molecule has 0 fully saturated rings. The van der Waals surface area contributed by atoms with Gasteiger partial charge in [0.25, 0.3) is 0 Å². The molecule has 0 spiro atoms. The van der Waals surface area contributed by atoms with Crippen molar-refractivity contribution < 1.29 is 36.6 Å². The third-order valence-electron chi connectivity index (χ3n) is 2.05. The van der Waals surface area contributed by atoms with Crippen LogP contribution in [0.25, 0.3) is 0 Å². The largest absolute Gasteiger partial charge is 0.478 e. The number of hydrogen-bond acceptors (Lipinski definition) is 1. The molecule has 2 aromatic carbocycles. The van der Waals surface area contributed by atoms with Gasteiger partial charge in [0.15, 0.2) is 3.57 Å². The van der Waals surface area contributed by atoms with Crippen molar-refractivity contribution in [3.05, 3.63) is 67.3 Å². The highest BCUT2D eigenvalue weighted by Crippen LogP contribution is 1.97. The van der Waals surface area contributed by atoms with Gasteiger partial charge in [-0.25, -0.2) is 4.79 Å². The molecule has 0 saturated carbocycles. The van der Waals surface area contributed by atoms with E-state index in [-0.39, 0.29) is 5.48 Å². The second-order valence-corrected chi connectivity index (χ2v) is 6.12. The van der Waals surface area contributed by atoms with Gasteiger partial charge in [-0.2, -0.15) is 0 Å². The van der Waals surface area contributed by atoms with E-state index in [1.807, 2.05) is 42.5 Å². The van der Waals surface area contributed by atoms with Gasteiger partial charge in [-0.15, -0.1) is 0 Å². The minimum atomic E-state index is -0.841. The fourth-order valence-corrected chi connectivity index (χ4v) is 3.85. The highest BCUT2D eigenvalue weighted by molar-refractivity contribution is 5.87. The molecule has 88 valence electrons. The standard InChI is InChI=1S/C13H9IO2.H2O/c15-13(16)11-8-4-5-9-12(11)14-10-6-2-1-3-7-10;/h1-9H;1H2/p+1. The number of halogens is 1. The van der Waals surface area contributed by atoms with E-state index in [1.165, 1.54) is 3.57 Å². The molecular weight excluding hydrogens is 331 g/mol. The van der Waals surface area contributed by atoms with Gasteiger partial charge >= 0.3 is 27.2 Å². The summed E-state index contributed by atoms with van der Waals surface area (Å²) >= 11 is -0.407. The zero-order chi connectivity index (χ0) is 11.4. The summed E-state index contributed by atoms with van der Waals surface area (Å²) in [6, 6.07) is 17.3. The first-order chi connectivity index (χ1) is 7.77. The van der Waals surface area contributed by atoms with Gasteiger partial charge in [0.05, 0.1) is 0 Å². The number of aromatic carboxylic acids is 1. The van der Waals surface area contributed by atoms with E-state index >= 15 is 0 Å². The third-order valence-corrected chi connectivity index (χ3v) is 4.91. The fraction of sp³-hybridized carbons (Fsp3) is 0.